The Kier molecular flexibility index (Phi) is 8.38. The number of ether oxygens (including phenoxy) is 2. The summed E-state index contributed by atoms with van der Waals surface area (Å²) in [6.45, 7) is 0.342. The Morgan fingerprint density at radius 2 is 1.96 bits per heavy atom. The van der Waals surface area contributed by atoms with E-state index in [1.165, 1.54) is 13.3 Å². The largest absolute Gasteiger partial charge is 0.435 e. The lowest BCUT2D eigenvalue weighted by Crippen LogP contribution is -2.43. The van der Waals surface area contributed by atoms with Crippen molar-refractivity contribution in [1.29, 1.82) is 5.26 Å². The number of carbonyl (C=O) groups is 2. The SMILES string of the molecule is COCCNC(=O)O[C@@H](CS(=O)(=O)Cc1ccccc1)C(=O)NC#N. The summed E-state index contributed by atoms with van der Waals surface area (Å²) in [6, 6.07) is 8.36. The average Bonchev–Trinajstić information content (AvgIpc) is 2.55. The van der Waals surface area contributed by atoms with Gasteiger partial charge in [-0.15, -0.1) is 0 Å². The van der Waals surface area contributed by atoms with Crippen LogP contribution in [0.1, 0.15) is 5.56 Å². The van der Waals surface area contributed by atoms with E-state index in [1.807, 2.05) is 0 Å². The van der Waals surface area contributed by atoms with Crippen LogP contribution in [0.4, 0.5) is 4.79 Å². The Bertz CT molecular complexity index is 715. The third-order valence-corrected chi connectivity index (χ3v) is 4.51. The van der Waals surface area contributed by atoms with Crippen LogP contribution < -0.4 is 10.6 Å². The molecule has 0 aliphatic heterocycles. The topological polar surface area (TPSA) is 135 Å². The van der Waals surface area contributed by atoms with Gasteiger partial charge in [0.05, 0.1) is 18.1 Å². The van der Waals surface area contributed by atoms with E-state index in [0.29, 0.717) is 5.56 Å². The second-order valence-electron chi connectivity index (χ2n) is 4.95. The molecule has 0 aliphatic carbocycles. The summed E-state index contributed by atoms with van der Waals surface area (Å²) in [5.74, 6) is -2.08. The van der Waals surface area contributed by atoms with Crippen molar-refractivity contribution >= 4 is 21.8 Å². The summed E-state index contributed by atoms with van der Waals surface area (Å²) in [5.41, 5.74) is 0.534. The maximum Gasteiger partial charge on any atom is 0.408 e. The minimum absolute atomic E-state index is 0.124. The fraction of sp³-hybridized carbons (Fsp3) is 0.400. The quantitative estimate of drug-likeness (QED) is 0.354. The van der Waals surface area contributed by atoms with Crippen molar-refractivity contribution in [3.8, 4) is 6.19 Å². The lowest BCUT2D eigenvalue weighted by Gasteiger charge is -2.16. The number of sulfone groups is 1. The highest BCUT2D eigenvalue weighted by atomic mass is 32.2. The fourth-order valence-corrected chi connectivity index (χ4v) is 3.34. The number of amides is 2. The van der Waals surface area contributed by atoms with E-state index < -0.39 is 33.7 Å². The van der Waals surface area contributed by atoms with Gasteiger partial charge in [0.1, 0.15) is 0 Å². The third kappa shape index (κ3) is 8.14. The highest BCUT2D eigenvalue weighted by Gasteiger charge is 2.29. The molecule has 1 aromatic carbocycles. The maximum absolute atomic E-state index is 12.3. The Labute approximate surface area is 145 Å². The molecule has 0 fully saturated rings. The molecule has 0 heterocycles. The molecular weight excluding hydrogens is 350 g/mol. The minimum Gasteiger partial charge on any atom is -0.435 e. The molecule has 1 atom stereocenters. The first-order valence-electron chi connectivity index (χ1n) is 7.24. The zero-order valence-corrected chi connectivity index (χ0v) is 14.4. The molecule has 10 heteroatoms. The molecule has 1 aromatic rings. The van der Waals surface area contributed by atoms with Gasteiger partial charge in [0.15, 0.2) is 22.1 Å². The molecule has 0 saturated carbocycles. The Balaban J connectivity index is 2.77. The molecule has 1 rings (SSSR count). The van der Waals surface area contributed by atoms with Crippen LogP contribution >= 0.6 is 0 Å². The Hall–Kier alpha value is -2.64. The Morgan fingerprint density at radius 1 is 1.28 bits per heavy atom. The highest BCUT2D eigenvalue weighted by molar-refractivity contribution is 7.90. The Morgan fingerprint density at radius 3 is 2.56 bits per heavy atom. The van der Waals surface area contributed by atoms with Gasteiger partial charge in [-0.3, -0.25) is 10.1 Å². The summed E-state index contributed by atoms with van der Waals surface area (Å²) in [7, 11) is -2.33. The van der Waals surface area contributed by atoms with Crippen LogP contribution in [0.3, 0.4) is 0 Å². The average molecular weight is 369 g/mol. The van der Waals surface area contributed by atoms with Crippen LogP contribution in [-0.2, 0) is 29.9 Å². The summed E-state index contributed by atoms with van der Waals surface area (Å²) >= 11 is 0. The molecule has 25 heavy (non-hydrogen) atoms. The van der Waals surface area contributed by atoms with Gasteiger partial charge in [0.2, 0.25) is 0 Å². The number of methoxy groups -OCH3 is 1. The smallest absolute Gasteiger partial charge is 0.408 e. The number of hydrogen-bond acceptors (Lipinski definition) is 7. The first-order valence-corrected chi connectivity index (χ1v) is 9.07. The number of benzene rings is 1. The van der Waals surface area contributed by atoms with Crippen molar-refractivity contribution in [2.24, 2.45) is 0 Å². The minimum atomic E-state index is -3.77. The number of nitrogens with one attached hydrogen (secondary N) is 2. The number of nitrogens with zero attached hydrogens (tertiary/aromatic N) is 1. The van der Waals surface area contributed by atoms with Gasteiger partial charge >= 0.3 is 6.09 Å². The second kappa shape index (κ2) is 10.3. The monoisotopic (exact) mass is 369 g/mol. The molecule has 0 spiro atoms. The van der Waals surface area contributed by atoms with E-state index in [0.717, 1.165) is 0 Å². The molecule has 0 aliphatic rings. The molecule has 2 N–H and O–H groups in total. The van der Waals surface area contributed by atoms with E-state index in [4.69, 9.17) is 14.7 Å². The van der Waals surface area contributed by atoms with E-state index in [9.17, 15) is 18.0 Å². The van der Waals surface area contributed by atoms with E-state index in [1.54, 1.807) is 35.6 Å². The summed E-state index contributed by atoms with van der Waals surface area (Å²) in [4.78, 5) is 23.4. The first-order chi connectivity index (χ1) is 11.9. The van der Waals surface area contributed by atoms with Gasteiger partial charge in [-0.1, -0.05) is 30.3 Å². The van der Waals surface area contributed by atoms with E-state index >= 15 is 0 Å². The number of alkyl carbamates (subject to hydrolysis) is 1. The standard InChI is InChI=1S/C15H19N3O6S/c1-23-8-7-17-15(20)24-13(14(19)18-11-16)10-25(21,22)9-12-5-3-2-4-6-12/h2-6,13H,7-10H2,1H3,(H,17,20)(H,18,19)/t13-/m0/s1. The molecule has 2 amide bonds. The fourth-order valence-electron chi connectivity index (χ4n) is 1.84. The van der Waals surface area contributed by atoms with Gasteiger partial charge in [0, 0.05) is 13.7 Å². The van der Waals surface area contributed by atoms with Crippen LogP contribution in [0.2, 0.25) is 0 Å². The van der Waals surface area contributed by atoms with Gasteiger partial charge in [0.25, 0.3) is 5.91 Å². The predicted molar refractivity (Wildman–Crippen MR) is 87.8 cm³/mol. The third-order valence-electron chi connectivity index (χ3n) is 2.93. The van der Waals surface area contributed by atoms with Crippen LogP contribution in [0, 0.1) is 11.5 Å². The molecule has 0 saturated heterocycles. The number of rotatable bonds is 9. The van der Waals surface area contributed by atoms with Gasteiger partial charge in [-0.25, -0.2) is 13.2 Å². The molecule has 136 valence electrons. The van der Waals surface area contributed by atoms with Gasteiger partial charge < -0.3 is 14.8 Å². The maximum atomic E-state index is 12.3. The van der Waals surface area contributed by atoms with Crippen molar-refractivity contribution in [2.75, 3.05) is 26.0 Å². The van der Waals surface area contributed by atoms with E-state index in [-0.39, 0.29) is 18.9 Å². The molecule has 0 radical (unpaired) electrons. The zero-order valence-electron chi connectivity index (χ0n) is 13.6. The molecule has 0 bridgehead atoms. The number of nitriles is 1. The second-order valence-corrected chi connectivity index (χ2v) is 7.06. The van der Waals surface area contributed by atoms with Crippen LogP contribution in [0.25, 0.3) is 0 Å². The van der Waals surface area contributed by atoms with Crippen molar-refractivity contribution in [2.45, 2.75) is 11.9 Å². The molecule has 9 nitrogen and oxygen atoms in total. The molecular formula is C15H19N3O6S. The summed E-state index contributed by atoms with van der Waals surface area (Å²) in [5, 5.41) is 12.6. The highest BCUT2D eigenvalue weighted by Crippen LogP contribution is 2.09. The van der Waals surface area contributed by atoms with Crippen molar-refractivity contribution < 1.29 is 27.5 Å². The lowest BCUT2D eigenvalue weighted by molar-refractivity contribution is -0.127. The van der Waals surface area contributed by atoms with Crippen LogP contribution in [-0.4, -0.2) is 52.5 Å². The van der Waals surface area contributed by atoms with Crippen LogP contribution in [0.5, 0.6) is 0 Å². The number of hydrogen-bond donors (Lipinski definition) is 2. The normalized spacial score (nSPS) is 11.8. The van der Waals surface area contributed by atoms with Gasteiger partial charge in [-0.2, -0.15) is 5.26 Å². The summed E-state index contributed by atoms with van der Waals surface area (Å²) < 4.78 is 34.1. The lowest BCUT2D eigenvalue weighted by atomic mass is 10.2. The molecule has 0 aromatic heterocycles. The first kappa shape index (κ1) is 20.4. The zero-order chi connectivity index (χ0) is 18.7. The van der Waals surface area contributed by atoms with Gasteiger partial charge in [-0.05, 0) is 5.56 Å². The van der Waals surface area contributed by atoms with Crippen molar-refractivity contribution in [1.82, 2.24) is 10.6 Å². The summed E-state index contributed by atoms with van der Waals surface area (Å²) in [6.07, 6.45) is -1.24. The van der Waals surface area contributed by atoms with E-state index in [2.05, 4.69) is 5.32 Å². The van der Waals surface area contributed by atoms with Crippen LogP contribution in [0.15, 0.2) is 30.3 Å². The van der Waals surface area contributed by atoms with Crippen molar-refractivity contribution in [3.05, 3.63) is 35.9 Å². The molecule has 0 unspecified atom stereocenters. The number of carbonyl (C=O) groups excluding carboxylic acids is 2. The van der Waals surface area contributed by atoms with Crippen molar-refractivity contribution in [3.63, 3.8) is 0 Å². The predicted octanol–water partition coefficient (Wildman–Crippen LogP) is -0.0601.